The summed E-state index contributed by atoms with van der Waals surface area (Å²) >= 11 is 0. The predicted octanol–water partition coefficient (Wildman–Crippen LogP) is 3.13. The number of carbonyl (C=O) groups is 1. The molecule has 1 aliphatic rings. The van der Waals surface area contributed by atoms with E-state index in [9.17, 15) is 9.90 Å². The molecule has 0 radical (unpaired) electrons. The molecule has 0 aliphatic carbocycles. The van der Waals surface area contributed by atoms with Gasteiger partial charge in [-0.2, -0.15) is 0 Å². The first-order chi connectivity index (χ1) is 12.5. The van der Waals surface area contributed by atoms with E-state index >= 15 is 0 Å². The molecule has 0 amide bonds. The van der Waals surface area contributed by atoms with Crippen molar-refractivity contribution in [1.29, 1.82) is 0 Å². The van der Waals surface area contributed by atoms with E-state index in [-0.39, 0.29) is 52.3 Å². The van der Waals surface area contributed by atoms with Crippen LogP contribution in [0.15, 0.2) is 24.3 Å². The van der Waals surface area contributed by atoms with Gasteiger partial charge in [0.15, 0.2) is 17.3 Å². The van der Waals surface area contributed by atoms with Gasteiger partial charge < -0.3 is 28.8 Å². The van der Waals surface area contributed by atoms with Gasteiger partial charge in [-0.05, 0) is 17.7 Å². The molecule has 7 nitrogen and oxygen atoms in total. The van der Waals surface area contributed by atoms with E-state index in [1.54, 1.807) is 24.3 Å². The molecule has 7 heteroatoms. The molecular weight excluding hydrogens is 340 g/mol. The second-order valence-corrected chi connectivity index (χ2v) is 5.66. The fraction of sp³-hybridized carbons (Fsp3) is 0.316. The minimum Gasteiger partial charge on any atom is -0.508 e. The number of methoxy groups -OCH3 is 4. The van der Waals surface area contributed by atoms with Gasteiger partial charge in [0.05, 0.1) is 34.9 Å². The number of phenolic OH excluding ortho intramolecular Hbond substituents is 1. The third kappa shape index (κ3) is 2.75. The maximum atomic E-state index is 12.9. The van der Waals surface area contributed by atoms with Crippen LogP contribution in [0.3, 0.4) is 0 Å². The van der Waals surface area contributed by atoms with E-state index in [0.29, 0.717) is 0 Å². The van der Waals surface area contributed by atoms with Gasteiger partial charge in [-0.1, -0.05) is 12.1 Å². The van der Waals surface area contributed by atoms with Crippen molar-refractivity contribution in [3.8, 4) is 34.5 Å². The average Bonchev–Trinajstić information content (AvgIpc) is 2.66. The van der Waals surface area contributed by atoms with Gasteiger partial charge in [0, 0.05) is 0 Å². The summed E-state index contributed by atoms with van der Waals surface area (Å²) in [4.78, 5) is 12.9. The third-order valence-corrected chi connectivity index (χ3v) is 4.27. The average molecular weight is 360 g/mol. The Labute approximate surface area is 151 Å². The number of fused-ring (bicyclic) bond motifs is 1. The lowest BCUT2D eigenvalue weighted by Gasteiger charge is -2.29. The van der Waals surface area contributed by atoms with Crippen LogP contribution < -0.4 is 23.7 Å². The standard InChI is InChI=1S/C19H20O7/c1-22-15-14-12(21)9-13(10-5-7-11(20)8-6-10)26-16(14)18(24-3)19(25-4)17(15)23-2/h5-8,13,20H,9H2,1-4H3/t13-/m1/s1. The number of ether oxygens (including phenoxy) is 5. The Morgan fingerprint density at radius 2 is 1.42 bits per heavy atom. The maximum absolute atomic E-state index is 12.9. The van der Waals surface area contributed by atoms with E-state index < -0.39 is 6.10 Å². The molecule has 1 N–H and O–H groups in total. The molecule has 1 aliphatic heterocycles. The van der Waals surface area contributed by atoms with Crippen molar-refractivity contribution in [2.75, 3.05) is 28.4 Å². The van der Waals surface area contributed by atoms with Crippen LogP contribution in [-0.4, -0.2) is 39.3 Å². The number of aromatic hydroxyl groups is 1. The zero-order chi connectivity index (χ0) is 18.8. The van der Waals surface area contributed by atoms with Crippen LogP contribution in [0.25, 0.3) is 0 Å². The SMILES string of the molecule is COc1c(OC)c(OC)c2c(c1OC)O[C@@H](c1ccc(O)cc1)CC2=O. The smallest absolute Gasteiger partial charge is 0.211 e. The lowest BCUT2D eigenvalue weighted by molar-refractivity contribution is 0.0833. The molecule has 0 saturated carbocycles. The fourth-order valence-electron chi connectivity index (χ4n) is 3.09. The number of phenols is 1. The van der Waals surface area contributed by atoms with Crippen LogP contribution in [0.4, 0.5) is 0 Å². The molecule has 1 atom stereocenters. The van der Waals surface area contributed by atoms with E-state index in [1.165, 1.54) is 28.4 Å². The molecule has 0 unspecified atom stereocenters. The van der Waals surface area contributed by atoms with Gasteiger partial charge in [0.2, 0.25) is 17.2 Å². The maximum Gasteiger partial charge on any atom is 0.211 e. The van der Waals surface area contributed by atoms with E-state index in [2.05, 4.69) is 0 Å². The lowest BCUT2D eigenvalue weighted by atomic mass is 9.94. The number of hydrogen-bond donors (Lipinski definition) is 1. The molecule has 2 aromatic rings. The Hall–Kier alpha value is -3.09. The zero-order valence-electron chi connectivity index (χ0n) is 15.0. The Kier molecular flexibility index (Phi) is 4.79. The Bertz CT molecular complexity index is 827. The number of carbonyl (C=O) groups excluding carboxylic acids is 1. The monoisotopic (exact) mass is 360 g/mol. The second-order valence-electron chi connectivity index (χ2n) is 5.66. The van der Waals surface area contributed by atoms with E-state index in [4.69, 9.17) is 23.7 Å². The Balaban J connectivity index is 2.18. The van der Waals surface area contributed by atoms with Crippen molar-refractivity contribution < 1.29 is 33.6 Å². The van der Waals surface area contributed by atoms with Crippen molar-refractivity contribution in [3.05, 3.63) is 35.4 Å². The van der Waals surface area contributed by atoms with Gasteiger partial charge in [0.1, 0.15) is 17.4 Å². The van der Waals surface area contributed by atoms with Crippen LogP contribution in [0.2, 0.25) is 0 Å². The second kappa shape index (κ2) is 7.03. The van der Waals surface area contributed by atoms with Gasteiger partial charge in [-0.15, -0.1) is 0 Å². The first-order valence-corrected chi connectivity index (χ1v) is 7.94. The Morgan fingerprint density at radius 3 is 1.96 bits per heavy atom. The molecule has 0 fully saturated rings. The van der Waals surface area contributed by atoms with Crippen LogP contribution in [0.1, 0.15) is 28.4 Å². The quantitative estimate of drug-likeness (QED) is 0.877. The van der Waals surface area contributed by atoms with Gasteiger partial charge >= 0.3 is 0 Å². The fourth-order valence-corrected chi connectivity index (χ4v) is 3.09. The van der Waals surface area contributed by atoms with Crippen LogP contribution >= 0.6 is 0 Å². The van der Waals surface area contributed by atoms with Crippen molar-refractivity contribution in [2.45, 2.75) is 12.5 Å². The summed E-state index contributed by atoms with van der Waals surface area (Å²) in [6.45, 7) is 0. The lowest BCUT2D eigenvalue weighted by Crippen LogP contribution is -2.22. The number of rotatable bonds is 5. The normalized spacial score (nSPS) is 15.7. The van der Waals surface area contributed by atoms with Crippen LogP contribution in [0, 0.1) is 0 Å². The molecule has 0 spiro atoms. The number of benzene rings is 2. The molecular formula is C19H20O7. The third-order valence-electron chi connectivity index (χ3n) is 4.27. The number of Topliss-reactive ketones (excluding diaryl/α,β-unsaturated/α-hetero) is 1. The van der Waals surface area contributed by atoms with E-state index in [1.807, 2.05) is 0 Å². The predicted molar refractivity (Wildman–Crippen MR) is 93.1 cm³/mol. The molecule has 2 aromatic carbocycles. The highest BCUT2D eigenvalue weighted by atomic mass is 16.6. The highest BCUT2D eigenvalue weighted by molar-refractivity contribution is 6.05. The van der Waals surface area contributed by atoms with Crippen molar-refractivity contribution in [2.24, 2.45) is 0 Å². The van der Waals surface area contributed by atoms with Crippen LogP contribution in [0.5, 0.6) is 34.5 Å². The van der Waals surface area contributed by atoms with E-state index in [0.717, 1.165) is 5.56 Å². The van der Waals surface area contributed by atoms with Crippen LogP contribution in [-0.2, 0) is 0 Å². The Morgan fingerprint density at radius 1 is 0.885 bits per heavy atom. The summed E-state index contributed by atoms with van der Waals surface area (Å²) in [6, 6.07) is 6.52. The van der Waals surface area contributed by atoms with Gasteiger partial charge in [0.25, 0.3) is 0 Å². The highest BCUT2D eigenvalue weighted by Gasteiger charge is 2.38. The van der Waals surface area contributed by atoms with Crippen molar-refractivity contribution >= 4 is 5.78 Å². The zero-order valence-corrected chi connectivity index (χ0v) is 15.0. The minimum absolute atomic E-state index is 0.118. The van der Waals surface area contributed by atoms with Crippen molar-refractivity contribution in [3.63, 3.8) is 0 Å². The largest absolute Gasteiger partial charge is 0.508 e. The minimum atomic E-state index is -0.521. The van der Waals surface area contributed by atoms with Crippen molar-refractivity contribution in [1.82, 2.24) is 0 Å². The van der Waals surface area contributed by atoms with Gasteiger partial charge in [-0.25, -0.2) is 0 Å². The highest BCUT2D eigenvalue weighted by Crippen LogP contribution is 2.56. The number of hydrogen-bond acceptors (Lipinski definition) is 7. The number of ketones is 1. The summed E-state index contributed by atoms with van der Waals surface area (Å²) < 4.78 is 27.7. The summed E-state index contributed by atoms with van der Waals surface area (Å²) in [7, 11) is 5.83. The topological polar surface area (TPSA) is 83.5 Å². The summed E-state index contributed by atoms with van der Waals surface area (Å²) in [5.41, 5.74) is 1.02. The first kappa shape index (κ1) is 17.7. The first-order valence-electron chi connectivity index (χ1n) is 7.94. The summed E-state index contributed by atoms with van der Waals surface area (Å²) in [5.74, 6) is 1.28. The molecule has 0 aromatic heterocycles. The summed E-state index contributed by atoms with van der Waals surface area (Å²) in [6.07, 6.45) is -0.403. The molecule has 1 heterocycles. The molecule has 26 heavy (non-hydrogen) atoms. The summed E-state index contributed by atoms with van der Waals surface area (Å²) in [5, 5.41) is 9.47. The molecule has 138 valence electrons. The molecule has 0 saturated heterocycles. The molecule has 0 bridgehead atoms. The molecule has 3 rings (SSSR count). The van der Waals surface area contributed by atoms with Gasteiger partial charge in [-0.3, -0.25) is 4.79 Å².